The number of allylic oxidation sites excluding steroid dienone is 1. The summed E-state index contributed by atoms with van der Waals surface area (Å²) in [7, 11) is 1.90. The van der Waals surface area contributed by atoms with Crippen LogP contribution < -0.4 is 31.3 Å². The third-order valence-electron chi connectivity index (χ3n) is 5.59. The van der Waals surface area contributed by atoms with E-state index in [4.69, 9.17) is 4.74 Å². The van der Waals surface area contributed by atoms with Gasteiger partial charge in [-0.1, -0.05) is 6.08 Å². The average molecular weight is 393 g/mol. The van der Waals surface area contributed by atoms with Crippen molar-refractivity contribution in [3.8, 4) is 5.75 Å². The molecule has 1 saturated heterocycles. The molecule has 1 aromatic carbocycles. The fraction of sp³-hybridized carbons (Fsp3) is 0.600. The van der Waals surface area contributed by atoms with Crippen molar-refractivity contribution in [2.24, 2.45) is 0 Å². The van der Waals surface area contributed by atoms with Crippen LogP contribution >= 0.6 is 0 Å². The summed E-state index contributed by atoms with van der Waals surface area (Å²) in [4.78, 5) is 0. The van der Waals surface area contributed by atoms with Gasteiger partial charge in [-0.15, -0.1) is 0 Å². The zero-order valence-electron chi connectivity index (χ0n) is 16.4. The highest BCUT2D eigenvalue weighted by molar-refractivity contribution is 5.77. The van der Waals surface area contributed by atoms with Gasteiger partial charge in [0.05, 0.1) is 24.0 Å². The molecule has 1 aromatic rings. The van der Waals surface area contributed by atoms with Crippen LogP contribution in [0.5, 0.6) is 5.75 Å². The highest BCUT2D eigenvalue weighted by atomic mass is 19.1. The lowest BCUT2D eigenvalue weighted by atomic mass is 9.95. The number of alkyl halides is 1. The zero-order chi connectivity index (χ0) is 19.7. The van der Waals surface area contributed by atoms with Crippen molar-refractivity contribution in [2.45, 2.75) is 50.9 Å². The van der Waals surface area contributed by atoms with Gasteiger partial charge in [-0.3, -0.25) is 10.6 Å². The Morgan fingerprint density at radius 3 is 2.96 bits per heavy atom. The highest BCUT2D eigenvalue weighted by Gasteiger charge is 2.30. The lowest BCUT2D eigenvalue weighted by molar-refractivity contribution is 0.249. The summed E-state index contributed by atoms with van der Waals surface area (Å²) in [5.41, 5.74) is 2.43. The summed E-state index contributed by atoms with van der Waals surface area (Å²) in [5, 5.41) is 16.3. The Bertz CT molecular complexity index is 757. The summed E-state index contributed by atoms with van der Waals surface area (Å²) in [6.45, 7) is 3.42. The van der Waals surface area contributed by atoms with Gasteiger partial charge < -0.3 is 20.7 Å². The zero-order valence-corrected chi connectivity index (χ0v) is 16.4. The lowest BCUT2D eigenvalue weighted by Gasteiger charge is -2.37. The van der Waals surface area contributed by atoms with E-state index >= 15 is 4.39 Å². The van der Waals surface area contributed by atoms with Crippen LogP contribution in [0, 0.1) is 5.82 Å². The van der Waals surface area contributed by atoms with Crippen molar-refractivity contribution < 1.29 is 13.5 Å². The lowest BCUT2D eigenvalue weighted by Crippen LogP contribution is -2.63. The maximum atomic E-state index is 15.6. The van der Waals surface area contributed by atoms with E-state index in [-0.39, 0.29) is 37.3 Å². The second-order valence-electron chi connectivity index (χ2n) is 7.78. The van der Waals surface area contributed by atoms with Crippen molar-refractivity contribution in [1.29, 1.82) is 0 Å². The number of halogens is 2. The van der Waals surface area contributed by atoms with Gasteiger partial charge in [0.25, 0.3) is 0 Å². The molecule has 0 spiro atoms. The van der Waals surface area contributed by atoms with Gasteiger partial charge in [0.1, 0.15) is 18.2 Å². The fourth-order valence-corrected chi connectivity index (χ4v) is 4.20. The van der Waals surface area contributed by atoms with Crippen LogP contribution in [0.2, 0.25) is 0 Å². The van der Waals surface area contributed by atoms with Crippen molar-refractivity contribution in [2.75, 3.05) is 32.1 Å². The van der Waals surface area contributed by atoms with Crippen molar-refractivity contribution >= 4 is 11.3 Å². The van der Waals surface area contributed by atoms with Crippen LogP contribution in [-0.4, -0.2) is 51.4 Å². The molecule has 0 radical (unpaired) electrons. The Morgan fingerprint density at radius 1 is 1.29 bits per heavy atom. The first-order chi connectivity index (χ1) is 13.5. The number of hydrogen-bond donors (Lipinski definition) is 5. The van der Waals surface area contributed by atoms with Gasteiger partial charge in [-0.25, -0.2) is 8.78 Å². The monoisotopic (exact) mass is 393 g/mol. The van der Waals surface area contributed by atoms with Crippen molar-refractivity contribution in [1.82, 2.24) is 21.3 Å². The molecule has 0 aliphatic carbocycles. The Labute approximate surface area is 164 Å². The smallest absolute Gasteiger partial charge is 0.157 e. The van der Waals surface area contributed by atoms with Gasteiger partial charge in [-0.05, 0) is 32.0 Å². The van der Waals surface area contributed by atoms with Gasteiger partial charge in [0.2, 0.25) is 0 Å². The number of ether oxygens (including phenoxy) is 1. The van der Waals surface area contributed by atoms with Gasteiger partial charge >= 0.3 is 0 Å². The maximum absolute atomic E-state index is 15.6. The predicted octanol–water partition coefficient (Wildman–Crippen LogP) is 1.69. The maximum Gasteiger partial charge on any atom is 0.157 e. The molecule has 0 aromatic heterocycles. The van der Waals surface area contributed by atoms with Crippen molar-refractivity contribution in [3.63, 3.8) is 0 Å². The van der Waals surface area contributed by atoms with E-state index in [0.717, 1.165) is 18.4 Å². The van der Waals surface area contributed by atoms with Crippen LogP contribution in [0.25, 0.3) is 5.57 Å². The van der Waals surface area contributed by atoms with Crippen molar-refractivity contribution in [3.05, 3.63) is 29.1 Å². The fourth-order valence-electron chi connectivity index (χ4n) is 4.20. The van der Waals surface area contributed by atoms with Gasteiger partial charge in [0, 0.05) is 37.5 Å². The molecule has 0 amide bonds. The molecule has 4 rings (SSSR count). The van der Waals surface area contributed by atoms with E-state index in [2.05, 4.69) is 33.5 Å². The summed E-state index contributed by atoms with van der Waals surface area (Å²) in [6, 6.07) is 2.10. The average Bonchev–Trinajstić information content (AvgIpc) is 3.01. The molecular weight excluding hydrogens is 364 g/mol. The van der Waals surface area contributed by atoms with Crippen LogP contribution in [0.15, 0.2) is 12.1 Å². The van der Waals surface area contributed by atoms with E-state index in [0.29, 0.717) is 35.7 Å². The Morgan fingerprint density at radius 2 is 2.14 bits per heavy atom. The Kier molecular flexibility index (Phi) is 5.82. The molecule has 3 heterocycles. The molecule has 154 valence electrons. The minimum Gasteiger partial charge on any atom is -0.492 e. The molecule has 5 N–H and O–H groups in total. The number of benzene rings is 1. The molecule has 8 heteroatoms. The minimum atomic E-state index is -1.04. The molecule has 6 nitrogen and oxygen atoms in total. The predicted molar refractivity (Wildman–Crippen MR) is 107 cm³/mol. The normalized spacial score (nSPS) is 30.2. The third-order valence-corrected chi connectivity index (χ3v) is 5.59. The van der Waals surface area contributed by atoms with E-state index in [1.54, 1.807) is 0 Å². The number of anilines is 1. The van der Waals surface area contributed by atoms with Crippen LogP contribution in [0.1, 0.15) is 30.9 Å². The molecule has 0 saturated carbocycles. The molecule has 4 atom stereocenters. The first kappa shape index (κ1) is 19.6. The summed E-state index contributed by atoms with van der Waals surface area (Å²) in [6.07, 6.45) is 2.53. The SMILES string of the molecule is CNC1CC(C)NC(Nc2cc3c(c(C4=CCNC[C@H](F)C4)c2F)OCC3)N1. The van der Waals surface area contributed by atoms with E-state index in [9.17, 15) is 4.39 Å². The summed E-state index contributed by atoms with van der Waals surface area (Å²) < 4.78 is 35.5. The third kappa shape index (κ3) is 4.00. The number of rotatable bonds is 4. The van der Waals surface area contributed by atoms with E-state index in [1.165, 1.54) is 0 Å². The second-order valence-corrected chi connectivity index (χ2v) is 7.78. The summed E-state index contributed by atoms with van der Waals surface area (Å²) >= 11 is 0. The standard InChI is InChI=1S/C20H29F2N5O/c1-11-7-16(23-2)27-20(25-11)26-15-9-13-4-6-28-19(13)17(18(15)22)12-3-5-24-10-14(21)8-12/h3,9,11,14,16,20,23-27H,4-8,10H2,1-2H3/t11?,14-,16?,20?/m1/s1. The first-order valence-corrected chi connectivity index (χ1v) is 10.0. The quantitative estimate of drug-likeness (QED) is 0.537. The largest absolute Gasteiger partial charge is 0.492 e. The Hall–Kier alpha value is -1.74. The highest BCUT2D eigenvalue weighted by Crippen LogP contribution is 2.41. The molecular formula is C20H29F2N5O. The van der Waals surface area contributed by atoms with Gasteiger partial charge in [0.15, 0.2) is 5.82 Å². The molecule has 0 bridgehead atoms. The molecule has 28 heavy (non-hydrogen) atoms. The van der Waals surface area contributed by atoms with E-state index < -0.39 is 6.17 Å². The number of nitrogens with one attached hydrogen (secondary N) is 5. The van der Waals surface area contributed by atoms with Crippen LogP contribution in [0.4, 0.5) is 14.5 Å². The topological polar surface area (TPSA) is 69.4 Å². The molecule has 3 unspecified atom stereocenters. The number of hydrogen-bond acceptors (Lipinski definition) is 6. The summed E-state index contributed by atoms with van der Waals surface area (Å²) in [5.74, 6) is 0.179. The second kappa shape index (κ2) is 8.32. The minimum absolute atomic E-state index is 0.136. The molecule has 3 aliphatic rings. The van der Waals surface area contributed by atoms with E-state index in [1.807, 2.05) is 19.2 Å². The van der Waals surface area contributed by atoms with Crippen LogP contribution in [-0.2, 0) is 6.42 Å². The number of fused-ring (bicyclic) bond motifs is 1. The molecule has 3 aliphatic heterocycles. The van der Waals surface area contributed by atoms with Gasteiger partial charge in [-0.2, -0.15) is 0 Å². The van der Waals surface area contributed by atoms with Crippen LogP contribution in [0.3, 0.4) is 0 Å². The molecule has 1 fully saturated rings. The Balaban J connectivity index is 1.66. The first-order valence-electron chi connectivity index (χ1n) is 10.0.